The van der Waals surface area contributed by atoms with Crippen molar-refractivity contribution in [3.8, 4) is 17.2 Å². The van der Waals surface area contributed by atoms with Gasteiger partial charge in [-0.05, 0) is 29.8 Å². The molecule has 5 nitrogen and oxygen atoms in total. The van der Waals surface area contributed by atoms with E-state index in [2.05, 4.69) is 40.9 Å². The Morgan fingerprint density at radius 3 is 2.48 bits per heavy atom. The zero-order valence-corrected chi connectivity index (χ0v) is 16.7. The monoisotopic (exact) mass is 391 g/mol. The number of ether oxygens (including phenoxy) is 2. The largest absolute Gasteiger partial charge is 0.496 e. The third-order valence-corrected chi connectivity index (χ3v) is 4.42. The molecule has 2 aromatic carbocycles. The minimum absolute atomic E-state index is 0. The lowest BCUT2D eigenvalue weighted by molar-refractivity contribution is 0.411. The molecule has 0 aliphatic rings. The first-order chi connectivity index (χ1) is 14.1. The Balaban J connectivity index is 0.00000240. The number of aromatic nitrogens is 1. The SMILES string of the molecule is C=C(NC)c1cc(Oc2ccc(OC)c(C(=C)NCc3ccccc3)c2)ccn1.[HH].[HH]. The van der Waals surface area contributed by atoms with Crippen molar-refractivity contribution >= 4 is 11.4 Å². The molecular weight excluding hydrogens is 362 g/mol. The summed E-state index contributed by atoms with van der Waals surface area (Å²) in [5, 5.41) is 6.34. The van der Waals surface area contributed by atoms with E-state index < -0.39 is 0 Å². The molecule has 0 unspecified atom stereocenters. The van der Waals surface area contributed by atoms with E-state index >= 15 is 0 Å². The van der Waals surface area contributed by atoms with E-state index in [-0.39, 0.29) is 2.85 Å². The molecular formula is C24H29N3O2. The number of benzene rings is 2. The Morgan fingerprint density at radius 2 is 1.76 bits per heavy atom. The molecule has 152 valence electrons. The molecule has 1 aromatic heterocycles. The van der Waals surface area contributed by atoms with Crippen LogP contribution in [0.5, 0.6) is 17.2 Å². The van der Waals surface area contributed by atoms with Crippen LogP contribution in [0.2, 0.25) is 0 Å². The van der Waals surface area contributed by atoms with Crippen LogP contribution in [-0.2, 0) is 6.54 Å². The van der Waals surface area contributed by atoms with Gasteiger partial charge in [0, 0.05) is 40.0 Å². The van der Waals surface area contributed by atoms with E-state index in [1.807, 2.05) is 42.5 Å². The summed E-state index contributed by atoms with van der Waals surface area (Å²) < 4.78 is 11.5. The number of hydrogen-bond donors (Lipinski definition) is 2. The summed E-state index contributed by atoms with van der Waals surface area (Å²) in [4.78, 5) is 4.29. The van der Waals surface area contributed by atoms with Crippen LogP contribution in [0.4, 0.5) is 0 Å². The number of hydrogen-bond acceptors (Lipinski definition) is 5. The second-order valence-corrected chi connectivity index (χ2v) is 6.39. The van der Waals surface area contributed by atoms with Gasteiger partial charge in [0.2, 0.25) is 0 Å². The van der Waals surface area contributed by atoms with Gasteiger partial charge < -0.3 is 20.1 Å². The van der Waals surface area contributed by atoms with Gasteiger partial charge in [0.15, 0.2) is 0 Å². The molecule has 0 atom stereocenters. The van der Waals surface area contributed by atoms with Crippen LogP contribution in [0.3, 0.4) is 0 Å². The first-order valence-electron chi connectivity index (χ1n) is 9.26. The first kappa shape index (κ1) is 20.0. The molecule has 0 aliphatic carbocycles. The fourth-order valence-corrected chi connectivity index (χ4v) is 2.79. The van der Waals surface area contributed by atoms with E-state index in [1.54, 1.807) is 26.4 Å². The molecule has 2 N–H and O–H groups in total. The van der Waals surface area contributed by atoms with Gasteiger partial charge in [-0.1, -0.05) is 43.5 Å². The van der Waals surface area contributed by atoms with Crippen LogP contribution in [0.15, 0.2) is 80.0 Å². The van der Waals surface area contributed by atoms with Crippen molar-refractivity contribution in [1.29, 1.82) is 0 Å². The molecule has 0 saturated carbocycles. The average molecular weight is 392 g/mol. The van der Waals surface area contributed by atoms with Gasteiger partial charge in [0.1, 0.15) is 17.2 Å². The lowest BCUT2D eigenvalue weighted by Gasteiger charge is -2.15. The van der Waals surface area contributed by atoms with Crippen molar-refractivity contribution in [3.05, 3.63) is 96.8 Å². The Kier molecular flexibility index (Phi) is 6.53. The van der Waals surface area contributed by atoms with Gasteiger partial charge >= 0.3 is 0 Å². The average Bonchev–Trinajstić information content (AvgIpc) is 2.77. The van der Waals surface area contributed by atoms with Crippen molar-refractivity contribution < 1.29 is 12.3 Å². The molecule has 29 heavy (non-hydrogen) atoms. The number of rotatable bonds is 9. The first-order valence-corrected chi connectivity index (χ1v) is 9.26. The zero-order chi connectivity index (χ0) is 20.6. The van der Waals surface area contributed by atoms with E-state index in [9.17, 15) is 0 Å². The van der Waals surface area contributed by atoms with Crippen LogP contribution in [-0.4, -0.2) is 19.1 Å². The molecule has 0 saturated heterocycles. The fourth-order valence-electron chi connectivity index (χ4n) is 2.79. The van der Waals surface area contributed by atoms with Crippen molar-refractivity contribution in [2.75, 3.05) is 14.2 Å². The molecule has 0 aliphatic heterocycles. The topological polar surface area (TPSA) is 55.4 Å². The molecule has 3 rings (SSSR count). The maximum Gasteiger partial charge on any atom is 0.131 e. The maximum absolute atomic E-state index is 6.03. The number of pyridine rings is 1. The third kappa shape index (κ3) is 5.17. The van der Waals surface area contributed by atoms with E-state index in [0.717, 1.165) is 28.4 Å². The van der Waals surface area contributed by atoms with Gasteiger partial charge in [-0.2, -0.15) is 0 Å². The predicted octanol–water partition coefficient (Wildman–Crippen LogP) is 5.33. The summed E-state index contributed by atoms with van der Waals surface area (Å²) >= 11 is 0. The summed E-state index contributed by atoms with van der Waals surface area (Å²) in [6.07, 6.45) is 1.69. The highest BCUT2D eigenvalue weighted by Gasteiger charge is 2.10. The quantitative estimate of drug-likeness (QED) is 0.517. The second kappa shape index (κ2) is 9.46. The summed E-state index contributed by atoms with van der Waals surface area (Å²) in [6, 6.07) is 19.4. The van der Waals surface area contributed by atoms with Gasteiger partial charge in [0.05, 0.1) is 18.5 Å². The number of nitrogens with zero attached hydrogens (tertiary/aromatic N) is 1. The molecule has 0 spiro atoms. The highest BCUT2D eigenvalue weighted by atomic mass is 16.5. The number of nitrogens with one attached hydrogen (secondary N) is 2. The summed E-state index contributed by atoms with van der Waals surface area (Å²) in [5.74, 6) is 2.07. The zero-order valence-electron chi connectivity index (χ0n) is 16.7. The Labute approximate surface area is 174 Å². The van der Waals surface area contributed by atoms with Gasteiger partial charge in [0.25, 0.3) is 0 Å². The maximum atomic E-state index is 6.03. The smallest absolute Gasteiger partial charge is 0.131 e. The predicted molar refractivity (Wildman–Crippen MR) is 122 cm³/mol. The van der Waals surface area contributed by atoms with Crippen molar-refractivity contribution in [1.82, 2.24) is 15.6 Å². The van der Waals surface area contributed by atoms with Crippen LogP contribution in [0.25, 0.3) is 11.4 Å². The van der Waals surface area contributed by atoms with E-state index in [4.69, 9.17) is 9.47 Å². The van der Waals surface area contributed by atoms with Gasteiger partial charge in [-0.15, -0.1) is 0 Å². The van der Waals surface area contributed by atoms with Crippen LogP contribution >= 0.6 is 0 Å². The fraction of sp³-hybridized carbons (Fsp3) is 0.125. The lowest BCUT2D eigenvalue weighted by atomic mass is 10.1. The summed E-state index contributed by atoms with van der Waals surface area (Å²) in [7, 11) is 3.45. The summed E-state index contributed by atoms with van der Waals surface area (Å²) in [6.45, 7) is 8.77. The molecule has 0 radical (unpaired) electrons. The molecule has 0 fully saturated rings. The van der Waals surface area contributed by atoms with Crippen molar-refractivity contribution in [3.63, 3.8) is 0 Å². The Hall–Kier alpha value is -3.73. The lowest BCUT2D eigenvalue weighted by Crippen LogP contribution is -2.11. The molecule has 3 aromatic rings. The highest BCUT2D eigenvalue weighted by Crippen LogP contribution is 2.31. The standard InChI is InChI=1S/C24H25N3O2.2H2/c1-17(27-16-19-8-6-5-7-9-19)22-14-20(10-11-24(22)28-4)29-21-12-13-26-23(15-21)18(2)25-3;;/h5-15,25,27H,1-2,16H2,3-4H3;2*1H. The van der Waals surface area contributed by atoms with Gasteiger partial charge in [-0.3, -0.25) is 4.98 Å². The minimum Gasteiger partial charge on any atom is -0.496 e. The van der Waals surface area contributed by atoms with E-state index in [0.29, 0.717) is 18.0 Å². The third-order valence-electron chi connectivity index (χ3n) is 4.42. The Morgan fingerprint density at radius 1 is 1.00 bits per heavy atom. The van der Waals surface area contributed by atoms with Crippen molar-refractivity contribution in [2.24, 2.45) is 0 Å². The van der Waals surface area contributed by atoms with Crippen LogP contribution < -0.4 is 20.1 Å². The molecule has 5 heteroatoms. The highest BCUT2D eigenvalue weighted by molar-refractivity contribution is 5.69. The summed E-state index contributed by atoms with van der Waals surface area (Å²) in [5.41, 5.74) is 4.23. The minimum atomic E-state index is 0. The van der Waals surface area contributed by atoms with Gasteiger partial charge in [-0.25, -0.2) is 0 Å². The van der Waals surface area contributed by atoms with Crippen LogP contribution in [0.1, 0.15) is 19.7 Å². The van der Waals surface area contributed by atoms with Crippen molar-refractivity contribution in [2.45, 2.75) is 6.54 Å². The molecule has 0 amide bonds. The van der Waals surface area contributed by atoms with E-state index in [1.165, 1.54) is 5.56 Å². The Bertz CT molecular complexity index is 1010. The normalized spacial score (nSPS) is 10.1. The second-order valence-electron chi connectivity index (χ2n) is 6.39. The van der Waals surface area contributed by atoms with Crippen LogP contribution in [0, 0.1) is 0 Å². The molecule has 1 heterocycles. The number of methoxy groups -OCH3 is 1. The molecule has 0 bridgehead atoms.